The summed E-state index contributed by atoms with van der Waals surface area (Å²) >= 11 is 0. The molecule has 1 aromatic heterocycles. The van der Waals surface area contributed by atoms with E-state index in [0.717, 1.165) is 25.1 Å². The predicted octanol–water partition coefficient (Wildman–Crippen LogP) is 3.60. The molecule has 0 radical (unpaired) electrons. The maximum Gasteiger partial charge on any atom is 0.330 e. The third-order valence-electron chi connectivity index (χ3n) is 6.19. The number of urea groups is 1. The van der Waals surface area contributed by atoms with Gasteiger partial charge in [-0.25, -0.2) is 9.78 Å². The molecule has 2 aliphatic heterocycles. The highest BCUT2D eigenvalue weighted by atomic mass is 16.2. The second-order valence-corrected chi connectivity index (χ2v) is 9.39. The molecule has 2 aliphatic rings. The molecule has 4 rings (SSSR count). The lowest BCUT2D eigenvalue weighted by Crippen LogP contribution is -2.59. The van der Waals surface area contributed by atoms with Crippen LogP contribution in [0, 0.1) is 10.8 Å². The van der Waals surface area contributed by atoms with Crippen LogP contribution in [0.15, 0.2) is 42.5 Å². The summed E-state index contributed by atoms with van der Waals surface area (Å²) in [4.78, 5) is 25.1. The lowest BCUT2D eigenvalue weighted by atomic mass is 10.1. The number of rotatable bonds is 8. The first-order valence-electron chi connectivity index (χ1n) is 11.8. The van der Waals surface area contributed by atoms with Gasteiger partial charge in [-0.3, -0.25) is 20.6 Å². The van der Waals surface area contributed by atoms with E-state index in [-0.39, 0.29) is 19.3 Å². The third-order valence-corrected chi connectivity index (χ3v) is 6.19. The van der Waals surface area contributed by atoms with Gasteiger partial charge in [-0.05, 0) is 50.2 Å². The molecule has 1 aromatic carbocycles. The van der Waals surface area contributed by atoms with Crippen LogP contribution in [0.5, 0.6) is 0 Å². The average molecular weight is 465 g/mol. The SMILES string of the molecule is CC(C)NC1CN(c2ccc(N3CCN(c4cccc(C(=N)N(C=N)C(C)C)n4)C3=O)cc2)C1.[HH]. The summed E-state index contributed by atoms with van der Waals surface area (Å²) < 4.78 is 0. The molecule has 2 saturated heterocycles. The smallest absolute Gasteiger partial charge is 0.330 e. The zero-order valence-electron chi connectivity index (χ0n) is 20.3. The predicted molar refractivity (Wildman–Crippen MR) is 140 cm³/mol. The summed E-state index contributed by atoms with van der Waals surface area (Å²) in [5, 5.41) is 19.6. The van der Waals surface area contributed by atoms with Gasteiger partial charge in [0, 0.05) is 57.1 Å². The molecule has 34 heavy (non-hydrogen) atoms. The first-order valence-corrected chi connectivity index (χ1v) is 11.8. The molecule has 0 aliphatic carbocycles. The fourth-order valence-corrected chi connectivity index (χ4v) is 4.41. The summed E-state index contributed by atoms with van der Waals surface area (Å²) in [5.74, 6) is 0.659. The van der Waals surface area contributed by atoms with Crippen LogP contribution in [0.2, 0.25) is 0 Å². The first-order chi connectivity index (χ1) is 16.3. The van der Waals surface area contributed by atoms with Gasteiger partial charge in [-0.2, -0.15) is 0 Å². The molecule has 0 spiro atoms. The Morgan fingerprint density at radius 1 is 1.09 bits per heavy atom. The van der Waals surface area contributed by atoms with Crippen molar-refractivity contribution in [1.82, 2.24) is 15.2 Å². The molecular formula is C25H36N8O. The van der Waals surface area contributed by atoms with Crippen LogP contribution in [0.25, 0.3) is 0 Å². The molecule has 182 valence electrons. The van der Waals surface area contributed by atoms with Crippen LogP contribution in [0.1, 0.15) is 34.8 Å². The van der Waals surface area contributed by atoms with E-state index in [2.05, 4.69) is 41.2 Å². The van der Waals surface area contributed by atoms with Crippen molar-refractivity contribution in [3.05, 3.63) is 48.2 Å². The second kappa shape index (κ2) is 9.80. The largest absolute Gasteiger partial charge is 0.368 e. The Morgan fingerprint density at radius 3 is 2.35 bits per heavy atom. The summed E-state index contributed by atoms with van der Waals surface area (Å²) in [6.07, 6.45) is 1.13. The fourth-order valence-electron chi connectivity index (χ4n) is 4.41. The van der Waals surface area contributed by atoms with Crippen molar-refractivity contribution in [3.63, 3.8) is 0 Å². The highest BCUT2D eigenvalue weighted by molar-refractivity contribution is 6.06. The molecule has 0 saturated carbocycles. The standard InChI is InChI=1S/C25H34N8O.H2/c1-17(2)28-19-14-30(15-19)20-8-10-21(11-9-20)31-12-13-32(25(31)34)23-7-5-6-22(29-23)24(27)33(16-26)18(3)4;/h5-11,16-19,26-28H,12-15H2,1-4H3;1H. The molecule has 2 amide bonds. The number of nitrogens with zero attached hydrogens (tertiary/aromatic N) is 5. The second-order valence-electron chi connectivity index (χ2n) is 9.39. The van der Waals surface area contributed by atoms with E-state index in [0.29, 0.717) is 36.7 Å². The van der Waals surface area contributed by atoms with Gasteiger partial charge in [0.25, 0.3) is 0 Å². The van der Waals surface area contributed by atoms with Gasteiger partial charge in [0.2, 0.25) is 0 Å². The Labute approximate surface area is 202 Å². The molecule has 3 N–H and O–H groups in total. The Kier molecular flexibility index (Phi) is 6.83. The van der Waals surface area contributed by atoms with Crippen molar-refractivity contribution in [3.8, 4) is 0 Å². The minimum atomic E-state index is -0.123. The maximum absolute atomic E-state index is 13.2. The number of amides is 2. The van der Waals surface area contributed by atoms with E-state index < -0.39 is 0 Å². The van der Waals surface area contributed by atoms with Gasteiger partial charge in [0.05, 0.1) is 6.34 Å². The van der Waals surface area contributed by atoms with Gasteiger partial charge < -0.3 is 15.1 Å². The number of benzene rings is 1. The number of anilines is 3. The molecule has 3 heterocycles. The van der Waals surface area contributed by atoms with Crippen LogP contribution in [-0.2, 0) is 0 Å². The summed E-state index contributed by atoms with van der Waals surface area (Å²) in [5.41, 5.74) is 2.47. The molecular weight excluding hydrogens is 428 g/mol. The van der Waals surface area contributed by atoms with Crippen molar-refractivity contribution in [2.75, 3.05) is 40.9 Å². The highest BCUT2D eigenvalue weighted by Gasteiger charge is 2.32. The minimum absolute atomic E-state index is 0. The third kappa shape index (κ3) is 4.75. The number of nitrogens with one attached hydrogen (secondary N) is 3. The molecule has 0 unspecified atom stereocenters. The molecule has 2 fully saturated rings. The normalized spacial score (nSPS) is 16.4. The van der Waals surface area contributed by atoms with Gasteiger partial charge in [-0.15, -0.1) is 0 Å². The van der Waals surface area contributed by atoms with Crippen LogP contribution >= 0.6 is 0 Å². The van der Waals surface area contributed by atoms with Crippen molar-refractivity contribution in [1.29, 1.82) is 10.8 Å². The first kappa shape index (κ1) is 23.7. The van der Waals surface area contributed by atoms with Gasteiger partial charge >= 0.3 is 6.03 Å². The number of amidine groups is 1. The van der Waals surface area contributed by atoms with E-state index in [9.17, 15) is 4.79 Å². The summed E-state index contributed by atoms with van der Waals surface area (Å²) in [6, 6.07) is 14.4. The van der Waals surface area contributed by atoms with Gasteiger partial charge in [0.15, 0.2) is 5.84 Å². The van der Waals surface area contributed by atoms with Crippen LogP contribution in [-0.4, -0.2) is 72.4 Å². The number of pyridine rings is 1. The maximum atomic E-state index is 13.2. The van der Waals surface area contributed by atoms with E-state index in [1.54, 1.807) is 28.0 Å². The van der Waals surface area contributed by atoms with Crippen molar-refractivity contribution >= 4 is 35.4 Å². The number of aromatic nitrogens is 1. The van der Waals surface area contributed by atoms with Crippen molar-refractivity contribution in [2.24, 2.45) is 0 Å². The Morgan fingerprint density at radius 2 is 1.74 bits per heavy atom. The highest BCUT2D eigenvalue weighted by Crippen LogP contribution is 2.28. The lowest BCUT2D eigenvalue weighted by Gasteiger charge is -2.42. The minimum Gasteiger partial charge on any atom is -0.368 e. The quantitative estimate of drug-likeness (QED) is 0.409. The zero-order chi connectivity index (χ0) is 24.4. The van der Waals surface area contributed by atoms with Crippen LogP contribution in [0.4, 0.5) is 22.0 Å². The van der Waals surface area contributed by atoms with Gasteiger partial charge in [-0.1, -0.05) is 19.9 Å². The van der Waals surface area contributed by atoms with Gasteiger partial charge in [0.1, 0.15) is 11.5 Å². The van der Waals surface area contributed by atoms with E-state index >= 15 is 0 Å². The van der Waals surface area contributed by atoms with Crippen LogP contribution < -0.4 is 20.0 Å². The fraction of sp³-hybridized carbons (Fsp3) is 0.440. The monoisotopic (exact) mass is 464 g/mol. The number of hydrogen-bond acceptors (Lipinski definition) is 6. The van der Waals surface area contributed by atoms with Crippen molar-refractivity contribution < 1.29 is 6.22 Å². The average Bonchev–Trinajstić information content (AvgIpc) is 3.17. The summed E-state index contributed by atoms with van der Waals surface area (Å²) in [7, 11) is 0. The molecule has 0 bridgehead atoms. The lowest BCUT2D eigenvalue weighted by molar-refractivity contribution is 0.255. The Hall–Kier alpha value is -3.46. The molecule has 2 aromatic rings. The van der Waals surface area contributed by atoms with E-state index in [4.69, 9.17) is 10.8 Å². The van der Waals surface area contributed by atoms with Crippen LogP contribution in [0.3, 0.4) is 0 Å². The number of carbonyl (C=O) groups excluding carboxylic acids is 1. The zero-order valence-corrected chi connectivity index (χ0v) is 20.3. The molecule has 0 atom stereocenters. The van der Waals surface area contributed by atoms with E-state index in [1.165, 1.54) is 10.6 Å². The van der Waals surface area contributed by atoms with Crippen molar-refractivity contribution in [2.45, 2.75) is 45.8 Å². The number of hydrogen-bond donors (Lipinski definition) is 3. The van der Waals surface area contributed by atoms with E-state index in [1.807, 2.05) is 26.0 Å². The Bertz CT molecular complexity index is 1050. The molecule has 9 nitrogen and oxygen atoms in total. The Balaban J connectivity index is 0.00000342. The topological polar surface area (TPSA) is 103 Å². The molecule has 9 heteroatoms. The summed E-state index contributed by atoms with van der Waals surface area (Å²) in [6.45, 7) is 11.3. The number of carbonyl (C=O) groups is 1.